The third-order valence-corrected chi connectivity index (χ3v) is 4.55. The fourth-order valence-corrected chi connectivity index (χ4v) is 4.00. The van der Waals surface area contributed by atoms with Gasteiger partial charge in [0, 0.05) is 0 Å². The minimum atomic E-state index is 1.04. The van der Waals surface area contributed by atoms with Gasteiger partial charge in [-0.05, 0) is 36.5 Å². The van der Waals surface area contributed by atoms with E-state index in [0.717, 1.165) is 23.7 Å². The summed E-state index contributed by atoms with van der Waals surface area (Å²) in [6.45, 7) is 4.85. The summed E-state index contributed by atoms with van der Waals surface area (Å²) in [5, 5.41) is 0. The topological polar surface area (TPSA) is 0 Å². The van der Waals surface area contributed by atoms with Crippen LogP contribution in [0.25, 0.3) is 0 Å². The second-order valence-corrected chi connectivity index (χ2v) is 5.37. The van der Waals surface area contributed by atoms with Gasteiger partial charge < -0.3 is 0 Å². The highest BCUT2D eigenvalue weighted by Crippen LogP contribution is 2.50. The third-order valence-electron chi connectivity index (χ3n) is 4.55. The van der Waals surface area contributed by atoms with Crippen LogP contribution in [-0.2, 0) is 0 Å². The second kappa shape index (κ2) is 4.02. The lowest BCUT2D eigenvalue weighted by Gasteiger charge is -2.29. The molecule has 0 aromatic heterocycles. The van der Waals surface area contributed by atoms with Crippen LogP contribution in [0.2, 0.25) is 0 Å². The Labute approximate surface area is 83.1 Å². The average molecular weight is 180 g/mol. The Kier molecular flexibility index (Phi) is 2.96. The van der Waals surface area contributed by atoms with Gasteiger partial charge in [0.1, 0.15) is 0 Å². The molecule has 0 aliphatic heterocycles. The van der Waals surface area contributed by atoms with Crippen LogP contribution in [0.3, 0.4) is 0 Å². The highest BCUT2D eigenvalue weighted by molar-refractivity contribution is 4.90. The van der Waals surface area contributed by atoms with Gasteiger partial charge >= 0.3 is 0 Å². The van der Waals surface area contributed by atoms with E-state index in [-0.39, 0.29) is 0 Å². The van der Waals surface area contributed by atoms with Crippen molar-refractivity contribution in [2.75, 3.05) is 0 Å². The van der Waals surface area contributed by atoms with E-state index < -0.39 is 0 Å². The van der Waals surface area contributed by atoms with E-state index in [9.17, 15) is 0 Å². The van der Waals surface area contributed by atoms with Gasteiger partial charge in [-0.15, -0.1) is 0 Å². The zero-order chi connectivity index (χ0) is 9.26. The minimum Gasteiger partial charge on any atom is -0.0654 e. The van der Waals surface area contributed by atoms with E-state index in [1.807, 2.05) is 0 Å². The van der Waals surface area contributed by atoms with Gasteiger partial charge in [0.2, 0.25) is 0 Å². The van der Waals surface area contributed by atoms with E-state index >= 15 is 0 Å². The lowest BCUT2D eigenvalue weighted by molar-refractivity contribution is 0.210. The standard InChI is InChI=1S/C13H24/c1-3-6-12-10(2)9-11-7-4-5-8-13(11)12/h10-13H,3-9H2,1-2H3/t10?,11-,12?,13?/m1/s1. The van der Waals surface area contributed by atoms with Crippen molar-refractivity contribution in [3.05, 3.63) is 0 Å². The highest BCUT2D eigenvalue weighted by Gasteiger charge is 2.40. The largest absolute Gasteiger partial charge is 0.0654 e. The van der Waals surface area contributed by atoms with Crippen molar-refractivity contribution in [3.8, 4) is 0 Å². The molecule has 3 unspecified atom stereocenters. The van der Waals surface area contributed by atoms with Crippen molar-refractivity contribution in [3.63, 3.8) is 0 Å². The van der Waals surface area contributed by atoms with Crippen molar-refractivity contribution in [2.24, 2.45) is 23.7 Å². The summed E-state index contributed by atoms with van der Waals surface area (Å²) in [6.07, 6.45) is 10.6. The Morgan fingerprint density at radius 1 is 1.15 bits per heavy atom. The Balaban J connectivity index is 2.00. The first-order valence-electron chi connectivity index (χ1n) is 6.33. The summed E-state index contributed by atoms with van der Waals surface area (Å²) in [7, 11) is 0. The molecule has 0 spiro atoms. The van der Waals surface area contributed by atoms with Crippen LogP contribution in [0.1, 0.15) is 58.8 Å². The molecule has 0 saturated heterocycles. The smallest absolute Gasteiger partial charge is 0.0355 e. The van der Waals surface area contributed by atoms with Crippen LogP contribution in [0, 0.1) is 23.7 Å². The molecule has 2 saturated carbocycles. The van der Waals surface area contributed by atoms with Crippen molar-refractivity contribution in [2.45, 2.75) is 58.8 Å². The molecule has 2 fully saturated rings. The molecule has 0 amide bonds. The van der Waals surface area contributed by atoms with Gasteiger partial charge in [-0.2, -0.15) is 0 Å². The lowest BCUT2D eigenvalue weighted by atomic mass is 9.76. The summed E-state index contributed by atoms with van der Waals surface area (Å²) < 4.78 is 0. The third kappa shape index (κ3) is 1.78. The van der Waals surface area contributed by atoms with Crippen molar-refractivity contribution in [1.82, 2.24) is 0 Å². The number of fused-ring (bicyclic) bond motifs is 1. The summed E-state index contributed by atoms with van der Waals surface area (Å²) in [5.74, 6) is 4.38. The molecule has 0 bridgehead atoms. The van der Waals surface area contributed by atoms with Crippen molar-refractivity contribution < 1.29 is 0 Å². The summed E-state index contributed by atoms with van der Waals surface area (Å²) in [6, 6.07) is 0. The summed E-state index contributed by atoms with van der Waals surface area (Å²) >= 11 is 0. The zero-order valence-corrected chi connectivity index (χ0v) is 9.26. The zero-order valence-electron chi connectivity index (χ0n) is 9.26. The highest BCUT2D eigenvalue weighted by atomic mass is 14.5. The first-order valence-corrected chi connectivity index (χ1v) is 6.33. The van der Waals surface area contributed by atoms with Gasteiger partial charge in [-0.1, -0.05) is 46.0 Å². The van der Waals surface area contributed by atoms with Crippen LogP contribution < -0.4 is 0 Å². The number of hydrogen-bond acceptors (Lipinski definition) is 0. The first-order chi connectivity index (χ1) is 6.33. The van der Waals surface area contributed by atoms with Gasteiger partial charge in [0.25, 0.3) is 0 Å². The van der Waals surface area contributed by atoms with E-state index in [0.29, 0.717) is 0 Å². The maximum absolute atomic E-state index is 2.50. The molecular weight excluding hydrogens is 156 g/mol. The number of rotatable bonds is 2. The summed E-state index contributed by atoms with van der Waals surface area (Å²) in [5.41, 5.74) is 0. The molecule has 0 N–H and O–H groups in total. The second-order valence-electron chi connectivity index (χ2n) is 5.37. The monoisotopic (exact) mass is 180 g/mol. The van der Waals surface area contributed by atoms with Crippen LogP contribution in [-0.4, -0.2) is 0 Å². The van der Waals surface area contributed by atoms with E-state index in [2.05, 4.69) is 13.8 Å². The quantitative estimate of drug-likeness (QED) is 0.596. The first kappa shape index (κ1) is 9.55. The SMILES string of the molecule is CCCC1C(C)C[C@H]2CCCCC12. The molecule has 2 aliphatic rings. The Morgan fingerprint density at radius 2 is 1.92 bits per heavy atom. The molecule has 2 rings (SSSR count). The van der Waals surface area contributed by atoms with Gasteiger partial charge in [0.05, 0.1) is 0 Å². The van der Waals surface area contributed by atoms with Gasteiger partial charge in [-0.3, -0.25) is 0 Å². The normalized spacial score (nSPS) is 44.8. The van der Waals surface area contributed by atoms with E-state index in [4.69, 9.17) is 0 Å². The maximum Gasteiger partial charge on any atom is -0.0355 e. The fraction of sp³-hybridized carbons (Fsp3) is 1.00. The molecule has 76 valence electrons. The molecule has 0 heteroatoms. The molecule has 0 heterocycles. The van der Waals surface area contributed by atoms with E-state index in [1.54, 1.807) is 19.3 Å². The average Bonchev–Trinajstić information content (AvgIpc) is 2.44. The predicted octanol–water partition coefficient (Wildman–Crippen LogP) is 4.25. The van der Waals surface area contributed by atoms with E-state index in [1.165, 1.54) is 25.7 Å². The fourth-order valence-electron chi connectivity index (χ4n) is 4.00. The molecule has 0 nitrogen and oxygen atoms in total. The molecule has 4 atom stereocenters. The summed E-state index contributed by atoms with van der Waals surface area (Å²) in [4.78, 5) is 0. The Bertz CT molecular complexity index is 159. The minimum absolute atomic E-state index is 1.04. The Morgan fingerprint density at radius 3 is 2.69 bits per heavy atom. The molecular formula is C13H24. The molecule has 0 aromatic rings. The van der Waals surface area contributed by atoms with Gasteiger partial charge in [-0.25, -0.2) is 0 Å². The molecule has 13 heavy (non-hydrogen) atoms. The Hall–Kier alpha value is 0. The van der Waals surface area contributed by atoms with Crippen molar-refractivity contribution >= 4 is 0 Å². The van der Waals surface area contributed by atoms with Crippen LogP contribution in [0.5, 0.6) is 0 Å². The predicted molar refractivity (Wildman–Crippen MR) is 57.6 cm³/mol. The molecule has 0 aromatic carbocycles. The molecule has 2 aliphatic carbocycles. The van der Waals surface area contributed by atoms with Crippen LogP contribution >= 0.6 is 0 Å². The lowest BCUT2D eigenvalue weighted by Crippen LogP contribution is -2.20. The van der Waals surface area contributed by atoms with Gasteiger partial charge in [0.15, 0.2) is 0 Å². The number of hydrogen-bond donors (Lipinski definition) is 0. The van der Waals surface area contributed by atoms with Crippen LogP contribution in [0.15, 0.2) is 0 Å². The maximum atomic E-state index is 2.50. The van der Waals surface area contributed by atoms with Crippen molar-refractivity contribution in [1.29, 1.82) is 0 Å². The molecule has 0 radical (unpaired) electrons. The van der Waals surface area contributed by atoms with Crippen LogP contribution in [0.4, 0.5) is 0 Å².